The van der Waals surface area contributed by atoms with Gasteiger partial charge in [-0.3, -0.25) is 29.8 Å². The summed E-state index contributed by atoms with van der Waals surface area (Å²) in [5.41, 5.74) is -2.57. The van der Waals surface area contributed by atoms with Gasteiger partial charge in [0.25, 0.3) is 11.4 Å². The maximum atomic E-state index is 10.9. The molecule has 0 saturated carbocycles. The zero-order valence-corrected chi connectivity index (χ0v) is 10.1. The number of halogens is 1. The second-order valence-electron chi connectivity index (χ2n) is 3.49. The van der Waals surface area contributed by atoms with E-state index in [0.29, 0.717) is 12.1 Å². The first-order valence-corrected chi connectivity index (χ1v) is 5.12. The van der Waals surface area contributed by atoms with Gasteiger partial charge >= 0.3 is 11.9 Å². The van der Waals surface area contributed by atoms with E-state index in [4.69, 9.17) is 21.8 Å². The minimum Gasteiger partial charge on any atom is -0.480 e. The highest BCUT2D eigenvalue weighted by atomic mass is 35.5. The molecule has 0 aromatic heterocycles. The number of nitrogens with zero attached hydrogens (tertiary/aromatic N) is 2. The van der Waals surface area contributed by atoms with E-state index in [1.807, 2.05) is 0 Å². The maximum absolute atomic E-state index is 10.9. The van der Waals surface area contributed by atoms with Gasteiger partial charge < -0.3 is 10.2 Å². The predicted molar refractivity (Wildman–Crippen MR) is 62.8 cm³/mol. The van der Waals surface area contributed by atoms with Crippen LogP contribution >= 0.6 is 11.6 Å². The third-order valence-electron chi connectivity index (χ3n) is 2.29. The summed E-state index contributed by atoms with van der Waals surface area (Å²) in [4.78, 5) is 41.0. The number of aliphatic carboxylic acids is 2. The molecule has 0 aliphatic rings. The molecule has 0 spiro atoms. The summed E-state index contributed by atoms with van der Waals surface area (Å²) in [7, 11) is 0. The highest BCUT2D eigenvalue weighted by Gasteiger charge is 2.36. The standard InChI is InChI=1S/C9H5ClN2O8/c10-4-1-3(7(8(13)14)9(15)16)5(11(17)18)2-6(4)12(19)20/h1-2,7H,(H,13,14)(H,15,16). The highest BCUT2D eigenvalue weighted by Crippen LogP contribution is 2.36. The van der Waals surface area contributed by atoms with Crippen LogP contribution in [0.15, 0.2) is 12.1 Å². The van der Waals surface area contributed by atoms with Crippen LogP contribution in [0.1, 0.15) is 11.5 Å². The molecule has 11 heteroatoms. The first-order chi connectivity index (χ1) is 9.16. The summed E-state index contributed by atoms with van der Waals surface area (Å²) in [6.07, 6.45) is 0. The molecule has 0 fully saturated rings. The molecular weight excluding hydrogens is 300 g/mol. The lowest BCUT2D eigenvalue weighted by molar-refractivity contribution is -0.394. The molecule has 10 nitrogen and oxygen atoms in total. The SMILES string of the molecule is O=C(O)C(C(=O)O)c1cc(Cl)c([N+](=O)[O-])cc1[N+](=O)[O-]. The van der Waals surface area contributed by atoms with Crippen LogP contribution in [0.4, 0.5) is 11.4 Å². The summed E-state index contributed by atoms with van der Waals surface area (Å²) in [6, 6.07) is 1.03. The molecule has 0 amide bonds. The Morgan fingerprint density at radius 3 is 1.85 bits per heavy atom. The van der Waals surface area contributed by atoms with Crippen LogP contribution in [0.25, 0.3) is 0 Å². The first-order valence-electron chi connectivity index (χ1n) is 4.74. The predicted octanol–water partition coefficient (Wildman–Crippen LogP) is 1.41. The summed E-state index contributed by atoms with van der Waals surface area (Å²) >= 11 is 5.50. The van der Waals surface area contributed by atoms with Gasteiger partial charge in [-0.15, -0.1) is 0 Å². The normalized spacial score (nSPS) is 10.3. The van der Waals surface area contributed by atoms with Crippen molar-refractivity contribution in [3.63, 3.8) is 0 Å². The Kier molecular flexibility index (Phi) is 4.20. The van der Waals surface area contributed by atoms with E-state index in [1.165, 1.54) is 0 Å². The van der Waals surface area contributed by atoms with Crippen LogP contribution in [0.3, 0.4) is 0 Å². The molecule has 1 aromatic rings. The Bertz CT molecular complexity index is 615. The second-order valence-corrected chi connectivity index (χ2v) is 3.89. The summed E-state index contributed by atoms with van der Waals surface area (Å²) in [5.74, 6) is -5.97. The minimum atomic E-state index is -2.26. The molecule has 0 saturated heterocycles. The lowest BCUT2D eigenvalue weighted by Gasteiger charge is -2.09. The monoisotopic (exact) mass is 304 g/mol. The summed E-state index contributed by atoms with van der Waals surface area (Å²) < 4.78 is 0. The minimum absolute atomic E-state index is 0.427. The largest absolute Gasteiger partial charge is 0.480 e. The number of carbonyl (C=O) groups is 2. The van der Waals surface area contributed by atoms with Crippen LogP contribution < -0.4 is 0 Å². The fourth-order valence-electron chi connectivity index (χ4n) is 1.47. The maximum Gasteiger partial charge on any atom is 0.322 e. The van der Waals surface area contributed by atoms with Gasteiger partial charge in [-0.2, -0.15) is 0 Å². The zero-order valence-electron chi connectivity index (χ0n) is 9.35. The fraction of sp³-hybridized carbons (Fsp3) is 0.111. The quantitative estimate of drug-likeness (QED) is 0.468. The Morgan fingerprint density at radius 1 is 1.05 bits per heavy atom. The van der Waals surface area contributed by atoms with Gasteiger partial charge in [-0.25, -0.2) is 0 Å². The Hall–Kier alpha value is -2.75. The van der Waals surface area contributed by atoms with E-state index in [0.717, 1.165) is 0 Å². The molecular formula is C9H5ClN2O8. The van der Waals surface area contributed by atoms with Crippen molar-refractivity contribution in [2.45, 2.75) is 5.92 Å². The smallest absolute Gasteiger partial charge is 0.322 e. The van der Waals surface area contributed by atoms with Gasteiger partial charge in [-0.1, -0.05) is 11.6 Å². The molecule has 0 bridgehead atoms. The molecule has 0 radical (unpaired) electrons. The first kappa shape index (κ1) is 15.3. The van der Waals surface area contributed by atoms with Crippen molar-refractivity contribution in [2.24, 2.45) is 0 Å². The van der Waals surface area contributed by atoms with E-state index in [9.17, 15) is 29.8 Å². The zero-order chi connectivity index (χ0) is 15.6. The van der Waals surface area contributed by atoms with Gasteiger partial charge in [0.2, 0.25) is 0 Å². The van der Waals surface area contributed by atoms with Crippen molar-refractivity contribution in [3.05, 3.63) is 42.9 Å². The van der Waals surface area contributed by atoms with Crippen molar-refractivity contribution in [1.82, 2.24) is 0 Å². The number of carboxylic acids is 2. The number of rotatable bonds is 5. The molecule has 1 rings (SSSR count). The van der Waals surface area contributed by atoms with Crippen LogP contribution in [-0.2, 0) is 9.59 Å². The number of hydrogen-bond donors (Lipinski definition) is 2. The van der Waals surface area contributed by atoms with E-state index in [1.54, 1.807) is 0 Å². The van der Waals surface area contributed by atoms with Crippen molar-refractivity contribution in [3.8, 4) is 0 Å². The van der Waals surface area contributed by atoms with E-state index in [-0.39, 0.29) is 0 Å². The summed E-state index contributed by atoms with van der Waals surface area (Å²) in [6.45, 7) is 0. The number of nitro groups is 2. The van der Waals surface area contributed by atoms with Crippen molar-refractivity contribution in [1.29, 1.82) is 0 Å². The highest BCUT2D eigenvalue weighted by molar-refractivity contribution is 6.33. The van der Waals surface area contributed by atoms with E-state index < -0.39 is 49.7 Å². The Balaban J connectivity index is 3.65. The van der Waals surface area contributed by atoms with Crippen molar-refractivity contribution < 1.29 is 29.6 Å². The molecule has 2 N–H and O–H groups in total. The van der Waals surface area contributed by atoms with Gasteiger partial charge in [-0.05, 0) is 6.07 Å². The lowest BCUT2D eigenvalue weighted by atomic mass is 9.97. The van der Waals surface area contributed by atoms with Crippen LogP contribution in [0.2, 0.25) is 5.02 Å². The van der Waals surface area contributed by atoms with Crippen LogP contribution in [-0.4, -0.2) is 32.0 Å². The third kappa shape index (κ3) is 2.80. The molecule has 0 heterocycles. The molecule has 0 aliphatic heterocycles. The molecule has 1 aromatic carbocycles. The summed E-state index contributed by atoms with van der Waals surface area (Å²) in [5, 5.41) is 38.4. The van der Waals surface area contributed by atoms with Gasteiger partial charge in [0.1, 0.15) is 5.02 Å². The van der Waals surface area contributed by atoms with Gasteiger partial charge in [0.05, 0.1) is 21.5 Å². The number of carboxylic acid groups (broad SMARTS) is 2. The van der Waals surface area contributed by atoms with Gasteiger partial charge in [0, 0.05) is 0 Å². The third-order valence-corrected chi connectivity index (χ3v) is 2.60. The van der Waals surface area contributed by atoms with Crippen molar-refractivity contribution in [2.75, 3.05) is 0 Å². The topological polar surface area (TPSA) is 161 Å². The second kappa shape index (κ2) is 5.48. The van der Waals surface area contributed by atoms with Crippen LogP contribution in [0.5, 0.6) is 0 Å². The average molecular weight is 305 g/mol. The molecule has 0 unspecified atom stereocenters. The molecule has 20 heavy (non-hydrogen) atoms. The van der Waals surface area contributed by atoms with Crippen LogP contribution in [0, 0.1) is 20.2 Å². The Labute approximate surface area is 114 Å². The average Bonchev–Trinajstić information content (AvgIpc) is 2.26. The molecule has 0 atom stereocenters. The fourth-order valence-corrected chi connectivity index (χ4v) is 1.71. The molecule has 106 valence electrons. The van der Waals surface area contributed by atoms with E-state index >= 15 is 0 Å². The number of benzene rings is 1. The van der Waals surface area contributed by atoms with Gasteiger partial charge in [0.15, 0.2) is 5.92 Å². The molecule has 0 aliphatic carbocycles. The number of nitro benzene ring substituents is 2. The Morgan fingerprint density at radius 2 is 1.50 bits per heavy atom. The van der Waals surface area contributed by atoms with E-state index in [2.05, 4.69) is 0 Å². The number of hydrogen-bond acceptors (Lipinski definition) is 6. The lowest BCUT2D eigenvalue weighted by Crippen LogP contribution is -2.22. The van der Waals surface area contributed by atoms with Crippen molar-refractivity contribution >= 4 is 34.9 Å².